The van der Waals surface area contributed by atoms with Gasteiger partial charge in [0.2, 0.25) is 0 Å². The molecule has 0 bridgehead atoms. The number of nitrogens with one attached hydrogen (secondary N) is 1. The quantitative estimate of drug-likeness (QED) is 0.849. The van der Waals surface area contributed by atoms with Gasteiger partial charge in [-0.3, -0.25) is 0 Å². The van der Waals surface area contributed by atoms with Crippen molar-refractivity contribution in [3.63, 3.8) is 0 Å². The summed E-state index contributed by atoms with van der Waals surface area (Å²) in [6, 6.07) is 6.34. The Morgan fingerprint density at radius 2 is 2.17 bits per heavy atom. The summed E-state index contributed by atoms with van der Waals surface area (Å²) in [6.07, 6.45) is 3.71. The lowest BCUT2D eigenvalue weighted by Crippen LogP contribution is -2.18. The lowest BCUT2D eigenvalue weighted by molar-refractivity contribution is 0.342. The molecule has 0 saturated carbocycles. The Labute approximate surface area is 108 Å². The van der Waals surface area contributed by atoms with Crippen LogP contribution in [0.4, 0.5) is 0 Å². The van der Waals surface area contributed by atoms with Crippen LogP contribution >= 0.6 is 0 Å². The Bertz CT molecular complexity index is 568. The van der Waals surface area contributed by atoms with E-state index >= 15 is 0 Å². The molecule has 0 saturated heterocycles. The number of hydrogen-bond donors (Lipinski definition) is 1. The van der Waals surface area contributed by atoms with Crippen LogP contribution in [-0.4, -0.2) is 12.1 Å². The molecule has 1 atom stereocenters. The lowest BCUT2D eigenvalue weighted by atomic mass is 9.80. The van der Waals surface area contributed by atoms with Gasteiger partial charge < -0.3 is 9.72 Å². The Kier molecular flexibility index (Phi) is 2.81. The molecule has 0 radical (unpaired) electrons. The molecule has 0 aliphatic heterocycles. The Hall–Kier alpha value is -1.44. The molecule has 0 amide bonds. The van der Waals surface area contributed by atoms with Gasteiger partial charge in [0.05, 0.1) is 7.11 Å². The molecule has 1 aliphatic rings. The highest BCUT2D eigenvalue weighted by atomic mass is 16.5. The van der Waals surface area contributed by atoms with E-state index in [0.717, 1.165) is 17.6 Å². The molecule has 1 aromatic carbocycles. The number of rotatable bonds is 2. The number of aryl methyl sites for hydroxylation is 1. The minimum atomic E-state index is 0.772. The summed E-state index contributed by atoms with van der Waals surface area (Å²) >= 11 is 0. The first kappa shape index (κ1) is 11.6. The van der Waals surface area contributed by atoms with Gasteiger partial charge in [-0.1, -0.05) is 13.8 Å². The molecule has 96 valence electrons. The predicted octanol–water partition coefficient (Wildman–Crippen LogP) is 3.94. The summed E-state index contributed by atoms with van der Waals surface area (Å²) < 4.78 is 5.34. The van der Waals surface area contributed by atoms with Crippen LogP contribution in [-0.2, 0) is 12.8 Å². The van der Waals surface area contributed by atoms with E-state index in [0.29, 0.717) is 0 Å². The normalized spacial score (nSPS) is 19.2. The van der Waals surface area contributed by atoms with Gasteiger partial charge in [0, 0.05) is 16.6 Å². The highest BCUT2D eigenvalue weighted by Gasteiger charge is 2.24. The smallest absolute Gasteiger partial charge is 0.119 e. The highest BCUT2D eigenvalue weighted by Crippen LogP contribution is 2.35. The zero-order chi connectivity index (χ0) is 12.7. The molecule has 18 heavy (non-hydrogen) atoms. The van der Waals surface area contributed by atoms with E-state index in [1.807, 2.05) is 6.07 Å². The van der Waals surface area contributed by atoms with Crippen molar-refractivity contribution in [1.82, 2.24) is 4.98 Å². The number of hydrogen-bond acceptors (Lipinski definition) is 1. The van der Waals surface area contributed by atoms with E-state index in [4.69, 9.17) is 4.74 Å². The molecule has 0 spiro atoms. The standard InChI is InChI=1S/C16H21NO/c1-10(2)11-4-6-15-13(8-11)14-9-12(18-3)5-7-16(14)17-15/h5,7,9-11,17H,4,6,8H2,1-3H3. The molecule has 2 nitrogen and oxygen atoms in total. The van der Waals surface area contributed by atoms with Crippen molar-refractivity contribution in [2.45, 2.75) is 33.1 Å². The molecule has 1 heterocycles. The number of H-pyrrole nitrogens is 1. The zero-order valence-electron chi connectivity index (χ0n) is 11.4. The summed E-state index contributed by atoms with van der Waals surface area (Å²) in [6.45, 7) is 4.68. The minimum Gasteiger partial charge on any atom is -0.497 e. The van der Waals surface area contributed by atoms with Crippen molar-refractivity contribution < 1.29 is 4.74 Å². The first-order chi connectivity index (χ1) is 8.69. The van der Waals surface area contributed by atoms with E-state index in [9.17, 15) is 0 Å². The molecule has 1 N–H and O–H groups in total. The average Bonchev–Trinajstić information content (AvgIpc) is 2.75. The molecule has 2 aromatic rings. The van der Waals surface area contributed by atoms with Crippen LogP contribution < -0.4 is 4.74 Å². The second kappa shape index (κ2) is 4.34. The van der Waals surface area contributed by atoms with E-state index in [2.05, 4.69) is 31.0 Å². The van der Waals surface area contributed by atoms with Crippen LogP contribution in [0.15, 0.2) is 18.2 Å². The summed E-state index contributed by atoms with van der Waals surface area (Å²) in [5.41, 5.74) is 4.22. The third-order valence-corrected chi connectivity index (χ3v) is 4.38. The molecule has 2 heteroatoms. The van der Waals surface area contributed by atoms with Gasteiger partial charge in [-0.15, -0.1) is 0 Å². The molecular formula is C16H21NO. The highest BCUT2D eigenvalue weighted by molar-refractivity contribution is 5.86. The van der Waals surface area contributed by atoms with Crippen molar-refractivity contribution in [3.8, 4) is 5.75 Å². The minimum absolute atomic E-state index is 0.772. The van der Waals surface area contributed by atoms with Crippen LogP contribution in [0.5, 0.6) is 5.75 Å². The second-order valence-corrected chi connectivity index (χ2v) is 5.74. The third-order valence-electron chi connectivity index (χ3n) is 4.38. The molecule has 1 aromatic heterocycles. The predicted molar refractivity (Wildman–Crippen MR) is 75.2 cm³/mol. The molecule has 0 fully saturated rings. The molecule has 1 aliphatic carbocycles. The molecule has 1 unspecified atom stereocenters. The summed E-state index contributed by atoms with van der Waals surface area (Å²) in [5, 5.41) is 1.36. The first-order valence-corrected chi connectivity index (χ1v) is 6.86. The third kappa shape index (κ3) is 1.80. The van der Waals surface area contributed by atoms with Crippen LogP contribution in [0.1, 0.15) is 31.5 Å². The maximum absolute atomic E-state index is 5.34. The monoisotopic (exact) mass is 243 g/mol. The van der Waals surface area contributed by atoms with Crippen molar-refractivity contribution in [2.75, 3.05) is 7.11 Å². The number of benzene rings is 1. The van der Waals surface area contributed by atoms with Crippen LogP contribution in [0.2, 0.25) is 0 Å². The van der Waals surface area contributed by atoms with Crippen LogP contribution in [0.25, 0.3) is 10.9 Å². The summed E-state index contributed by atoms with van der Waals surface area (Å²) in [4.78, 5) is 3.57. The van der Waals surface area contributed by atoms with Crippen molar-refractivity contribution >= 4 is 10.9 Å². The van der Waals surface area contributed by atoms with E-state index in [-0.39, 0.29) is 0 Å². The fraction of sp³-hybridized carbons (Fsp3) is 0.500. The fourth-order valence-corrected chi connectivity index (χ4v) is 3.12. The van der Waals surface area contributed by atoms with E-state index in [1.165, 1.54) is 41.4 Å². The van der Waals surface area contributed by atoms with E-state index < -0.39 is 0 Å². The van der Waals surface area contributed by atoms with Gasteiger partial charge in [0.15, 0.2) is 0 Å². The molecule has 3 rings (SSSR count). The maximum Gasteiger partial charge on any atom is 0.119 e. The van der Waals surface area contributed by atoms with Gasteiger partial charge in [0.25, 0.3) is 0 Å². The summed E-state index contributed by atoms with van der Waals surface area (Å²) in [7, 11) is 1.73. The topological polar surface area (TPSA) is 25.0 Å². The van der Waals surface area contributed by atoms with Crippen molar-refractivity contribution in [2.24, 2.45) is 11.8 Å². The molecular weight excluding hydrogens is 222 g/mol. The number of ether oxygens (including phenoxy) is 1. The average molecular weight is 243 g/mol. The number of aromatic amines is 1. The van der Waals surface area contributed by atoms with Gasteiger partial charge in [-0.25, -0.2) is 0 Å². The fourth-order valence-electron chi connectivity index (χ4n) is 3.12. The summed E-state index contributed by atoms with van der Waals surface area (Å²) in [5.74, 6) is 2.55. The maximum atomic E-state index is 5.34. The van der Waals surface area contributed by atoms with Gasteiger partial charge in [0.1, 0.15) is 5.75 Å². The number of aromatic nitrogens is 1. The van der Waals surface area contributed by atoms with Crippen LogP contribution in [0.3, 0.4) is 0 Å². The lowest BCUT2D eigenvalue weighted by Gasteiger charge is -2.25. The zero-order valence-corrected chi connectivity index (χ0v) is 11.4. The number of methoxy groups -OCH3 is 1. The van der Waals surface area contributed by atoms with Crippen LogP contribution in [0, 0.1) is 11.8 Å². The van der Waals surface area contributed by atoms with E-state index in [1.54, 1.807) is 7.11 Å². The Balaban J connectivity index is 2.08. The number of fused-ring (bicyclic) bond motifs is 3. The SMILES string of the molecule is COc1ccc2[nH]c3c(c2c1)CC(C(C)C)CC3. The Morgan fingerprint density at radius 3 is 2.89 bits per heavy atom. The Morgan fingerprint density at radius 1 is 1.33 bits per heavy atom. The van der Waals surface area contributed by atoms with Gasteiger partial charge in [-0.05, 0) is 54.9 Å². The van der Waals surface area contributed by atoms with Gasteiger partial charge in [-0.2, -0.15) is 0 Å². The van der Waals surface area contributed by atoms with Gasteiger partial charge >= 0.3 is 0 Å². The first-order valence-electron chi connectivity index (χ1n) is 6.86. The largest absolute Gasteiger partial charge is 0.497 e. The second-order valence-electron chi connectivity index (χ2n) is 5.74. The van der Waals surface area contributed by atoms with Crippen molar-refractivity contribution in [3.05, 3.63) is 29.5 Å². The van der Waals surface area contributed by atoms with Crippen molar-refractivity contribution in [1.29, 1.82) is 0 Å².